The summed E-state index contributed by atoms with van der Waals surface area (Å²) in [5.41, 5.74) is 1.88. The lowest BCUT2D eigenvalue weighted by Gasteiger charge is -2.11. The summed E-state index contributed by atoms with van der Waals surface area (Å²) in [7, 11) is 3.21. The number of nitrogens with one attached hydrogen (secondary N) is 2. The quantitative estimate of drug-likeness (QED) is 0.810. The zero-order chi connectivity index (χ0) is 17.4. The number of rotatable bonds is 7. The van der Waals surface area contributed by atoms with Crippen molar-refractivity contribution in [1.82, 2.24) is 4.98 Å². The first-order valence-corrected chi connectivity index (χ1v) is 7.51. The highest BCUT2D eigenvalue weighted by atomic mass is 16.5. The van der Waals surface area contributed by atoms with Crippen LogP contribution in [0.3, 0.4) is 0 Å². The second-order valence-corrected chi connectivity index (χ2v) is 4.82. The third kappa shape index (κ3) is 4.77. The van der Waals surface area contributed by atoms with E-state index in [1.54, 1.807) is 33.4 Å². The topological polar surface area (TPSA) is 81.7 Å². The molecule has 128 valence electrons. The van der Waals surface area contributed by atoms with Gasteiger partial charge in [-0.1, -0.05) is 6.07 Å². The number of nitrogens with zero attached hydrogens (tertiary/aromatic N) is 1. The molecule has 0 saturated heterocycles. The molecule has 0 fully saturated rings. The lowest BCUT2D eigenvalue weighted by atomic mass is 10.2. The Kier molecular flexibility index (Phi) is 6.24. The molecule has 7 heteroatoms. The Hall–Kier alpha value is -2.96. The number of carbonyl (C=O) groups is 1. The van der Waals surface area contributed by atoms with Crippen LogP contribution in [0.4, 0.5) is 16.3 Å². The maximum atomic E-state index is 11.3. The van der Waals surface area contributed by atoms with Crippen molar-refractivity contribution in [3.63, 3.8) is 0 Å². The van der Waals surface area contributed by atoms with E-state index in [1.165, 1.54) is 0 Å². The third-order valence-corrected chi connectivity index (χ3v) is 3.21. The molecule has 0 bridgehead atoms. The van der Waals surface area contributed by atoms with Crippen molar-refractivity contribution in [1.29, 1.82) is 0 Å². The van der Waals surface area contributed by atoms with Gasteiger partial charge in [-0.3, -0.25) is 5.32 Å². The number of carbonyl (C=O) groups excluding carboxylic acids is 1. The van der Waals surface area contributed by atoms with Crippen LogP contribution < -0.4 is 20.1 Å². The zero-order valence-corrected chi connectivity index (χ0v) is 14.0. The molecule has 0 radical (unpaired) electrons. The number of anilines is 2. The number of pyridine rings is 1. The van der Waals surface area contributed by atoms with Gasteiger partial charge in [0.1, 0.15) is 5.82 Å². The molecule has 0 aliphatic rings. The van der Waals surface area contributed by atoms with Crippen molar-refractivity contribution >= 4 is 17.6 Å². The van der Waals surface area contributed by atoms with Crippen LogP contribution in [0.2, 0.25) is 0 Å². The smallest absolute Gasteiger partial charge is 0.412 e. The van der Waals surface area contributed by atoms with E-state index in [9.17, 15) is 4.79 Å². The first-order chi connectivity index (χ1) is 11.7. The van der Waals surface area contributed by atoms with Crippen molar-refractivity contribution in [2.75, 3.05) is 31.5 Å². The van der Waals surface area contributed by atoms with E-state index in [0.717, 1.165) is 11.3 Å². The summed E-state index contributed by atoms with van der Waals surface area (Å²) in [5, 5.41) is 5.79. The van der Waals surface area contributed by atoms with Crippen LogP contribution >= 0.6 is 0 Å². The van der Waals surface area contributed by atoms with Crippen molar-refractivity contribution in [2.24, 2.45) is 0 Å². The molecule has 0 atom stereocenters. The highest BCUT2D eigenvalue weighted by Gasteiger charge is 2.05. The van der Waals surface area contributed by atoms with Crippen molar-refractivity contribution in [2.45, 2.75) is 13.5 Å². The van der Waals surface area contributed by atoms with Crippen LogP contribution in [-0.4, -0.2) is 31.9 Å². The Balaban J connectivity index is 1.93. The van der Waals surface area contributed by atoms with Gasteiger partial charge in [0.15, 0.2) is 11.5 Å². The maximum Gasteiger partial charge on any atom is 0.412 e. The van der Waals surface area contributed by atoms with Gasteiger partial charge in [0.25, 0.3) is 0 Å². The lowest BCUT2D eigenvalue weighted by molar-refractivity contribution is 0.168. The fourth-order valence-corrected chi connectivity index (χ4v) is 2.04. The fraction of sp³-hybridized carbons (Fsp3) is 0.294. The fourth-order valence-electron chi connectivity index (χ4n) is 2.04. The Labute approximate surface area is 140 Å². The zero-order valence-electron chi connectivity index (χ0n) is 14.0. The molecule has 1 heterocycles. The van der Waals surface area contributed by atoms with E-state index in [4.69, 9.17) is 14.2 Å². The van der Waals surface area contributed by atoms with Crippen molar-refractivity contribution in [3.8, 4) is 11.5 Å². The Morgan fingerprint density at radius 3 is 2.54 bits per heavy atom. The molecule has 0 saturated carbocycles. The summed E-state index contributed by atoms with van der Waals surface area (Å²) in [6.07, 6.45) is 1.12. The van der Waals surface area contributed by atoms with Crippen molar-refractivity contribution < 1.29 is 19.0 Å². The van der Waals surface area contributed by atoms with Crippen molar-refractivity contribution in [3.05, 3.63) is 42.1 Å². The van der Waals surface area contributed by atoms with Gasteiger partial charge in [-0.15, -0.1) is 0 Å². The van der Waals surface area contributed by atoms with E-state index < -0.39 is 6.09 Å². The van der Waals surface area contributed by atoms with Crippen LogP contribution in [0, 0.1) is 0 Å². The summed E-state index contributed by atoms with van der Waals surface area (Å²) >= 11 is 0. The molecular weight excluding hydrogens is 310 g/mol. The first kappa shape index (κ1) is 17.4. The van der Waals surface area contributed by atoms with E-state index in [-0.39, 0.29) is 0 Å². The monoisotopic (exact) mass is 331 g/mol. The van der Waals surface area contributed by atoms with Gasteiger partial charge in [-0.2, -0.15) is 0 Å². The van der Waals surface area contributed by atoms with Crippen LogP contribution in [0.1, 0.15) is 12.5 Å². The molecule has 1 amide bonds. The summed E-state index contributed by atoms with van der Waals surface area (Å²) in [5.74, 6) is 1.81. The number of hydrogen-bond donors (Lipinski definition) is 2. The minimum absolute atomic E-state index is 0.316. The lowest BCUT2D eigenvalue weighted by Crippen LogP contribution is -2.14. The van der Waals surface area contributed by atoms with Gasteiger partial charge in [-0.05, 0) is 36.8 Å². The van der Waals surface area contributed by atoms with E-state index in [0.29, 0.717) is 30.5 Å². The van der Waals surface area contributed by atoms with Crippen LogP contribution in [0.25, 0.3) is 0 Å². The van der Waals surface area contributed by atoms with Gasteiger partial charge in [0, 0.05) is 6.54 Å². The second kappa shape index (κ2) is 8.61. The molecule has 7 nitrogen and oxygen atoms in total. The van der Waals surface area contributed by atoms with Gasteiger partial charge in [0.2, 0.25) is 0 Å². The Morgan fingerprint density at radius 1 is 1.12 bits per heavy atom. The molecule has 1 aromatic carbocycles. The Bertz CT molecular complexity index is 674. The molecule has 24 heavy (non-hydrogen) atoms. The maximum absolute atomic E-state index is 11.3. The second-order valence-electron chi connectivity index (χ2n) is 4.82. The molecule has 2 aromatic rings. The Morgan fingerprint density at radius 2 is 1.92 bits per heavy atom. The number of ether oxygens (including phenoxy) is 3. The molecule has 0 aliphatic heterocycles. The van der Waals surface area contributed by atoms with E-state index in [2.05, 4.69) is 15.6 Å². The molecule has 0 unspecified atom stereocenters. The largest absolute Gasteiger partial charge is 0.493 e. The predicted octanol–water partition coefficient (Wildman–Crippen LogP) is 3.28. The minimum Gasteiger partial charge on any atom is -0.493 e. The molecule has 2 rings (SSSR count). The standard InChI is InChI=1S/C17H21N3O4/c1-4-24-17(21)20-16-8-6-13(11-19-16)18-10-12-5-7-14(22-2)15(9-12)23-3/h5-9,11,18H,4,10H2,1-3H3,(H,19,20,21). The minimum atomic E-state index is -0.518. The van der Waals surface area contributed by atoms with Crippen LogP contribution in [0.15, 0.2) is 36.5 Å². The number of amides is 1. The molecular formula is C17H21N3O4. The summed E-state index contributed by atoms with van der Waals surface area (Å²) < 4.78 is 15.3. The summed E-state index contributed by atoms with van der Waals surface area (Å²) in [6, 6.07) is 9.26. The van der Waals surface area contributed by atoms with Gasteiger partial charge < -0.3 is 19.5 Å². The van der Waals surface area contributed by atoms with Gasteiger partial charge in [-0.25, -0.2) is 9.78 Å². The van der Waals surface area contributed by atoms with Crippen LogP contribution in [-0.2, 0) is 11.3 Å². The third-order valence-electron chi connectivity index (χ3n) is 3.21. The molecule has 0 aliphatic carbocycles. The summed E-state index contributed by atoms with van der Waals surface area (Å²) in [4.78, 5) is 15.5. The van der Waals surface area contributed by atoms with Gasteiger partial charge >= 0.3 is 6.09 Å². The van der Waals surface area contributed by atoms with Gasteiger partial charge in [0.05, 0.1) is 32.7 Å². The number of aromatic nitrogens is 1. The first-order valence-electron chi connectivity index (χ1n) is 7.51. The van der Waals surface area contributed by atoms with Crippen LogP contribution in [0.5, 0.6) is 11.5 Å². The molecule has 1 aromatic heterocycles. The highest BCUT2D eigenvalue weighted by Crippen LogP contribution is 2.27. The average molecular weight is 331 g/mol. The van der Waals surface area contributed by atoms with E-state index >= 15 is 0 Å². The van der Waals surface area contributed by atoms with E-state index in [1.807, 2.05) is 24.3 Å². The summed E-state index contributed by atoms with van der Waals surface area (Å²) in [6.45, 7) is 2.66. The molecule has 2 N–H and O–H groups in total. The number of benzene rings is 1. The molecule has 0 spiro atoms. The SMILES string of the molecule is CCOC(=O)Nc1ccc(NCc2ccc(OC)c(OC)c2)cn1. The number of methoxy groups -OCH3 is 2. The normalized spacial score (nSPS) is 9.96. The predicted molar refractivity (Wildman–Crippen MR) is 91.8 cm³/mol. The average Bonchev–Trinajstić information content (AvgIpc) is 2.61. The number of hydrogen-bond acceptors (Lipinski definition) is 6. The highest BCUT2D eigenvalue weighted by molar-refractivity contribution is 5.83.